The number of hydrogen-bond acceptors (Lipinski definition) is 2. The normalized spacial score (nSPS) is 14.8. The number of amides is 1. The minimum absolute atomic E-state index is 0. The highest BCUT2D eigenvalue weighted by molar-refractivity contribution is 14.0. The SMILES string of the molecule is CCNC(=NCc1ccc(CN2CCCC2=O)cc1)NC(C)CCc1ccccc1.I. The van der Waals surface area contributed by atoms with E-state index in [2.05, 4.69) is 79.1 Å². The molecule has 1 amide bonds. The summed E-state index contributed by atoms with van der Waals surface area (Å²) in [5.41, 5.74) is 3.71. The average molecular weight is 534 g/mol. The second-order valence-electron chi connectivity index (χ2n) is 8.00. The molecule has 3 rings (SSSR count). The maximum Gasteiger partial charge on any atom is 0.222 e. The van der Waals surface area contributed by atoms with Crippen molar-refractivity contribution >= 4 is 35.8 Å². The third kappa shape index (κ3) is 8.51. The highest BCUT2D eigenvalue weighted by atomic mass is 127. The number of carbonyl (C=O) groups excluding carboxylic acids is 1. The minimum atomic E-state index is 0. The van der Waals surface area contributed by atoms with Gasteiger partial charge in [0.1, 0.15) is 0 Å². The Morgan fingerprint density at radius 3 is 2.42 bits per heavy atom. The summed E-state index contributed by atoms with van der Waals surface area (Å²) >= 11 is 0. The largest absolute Gasteiger partial charge is 0.357 e. The van der Waals surface area contributed by atoms with Crippen molar-refractivity contribution in [3.8, 4) is 0 Å². The molecule has 0 aromatic heterocycles. The monoisotopic (exact) mass is 534 g/mol. The molecule has 168 valence electrons. The fraction of sp³-hybridized carbons (Fsp3) is 0.440. The number of nitrogens with one attached hydrogen (secondary N) is 2. The van der Waals surface area contributed by atoms with Crippen LogP contribution in [-0.2, 0) is 24.3 Å². The van der Waals surface area contributed by atoms with Gasteiger partial charge in [0, 0.05) is 32.1 Å². The molecule has 1 aliphatic heterocycles. The van der Waals surface area contributed by atoms with E-state index in [-0.39, 0.29) is 29.9 Å². The zero-order chi connectivity index (χ0) is 21.2. The van der Waals surface area contributed by atoms with Gasteiger partial charge in [0.15, 0.2) is 5.96 Å². The molecule has 0 radical (unpaired) electrons. The molecule has 1 heterocycles. The van der Waals surface area contributed by atoms with Crippen LogP contribution in [0.5, 0.6) is 0 Å². The number of rotatable bonds is 9. The quantitative estimate of drug-likeness (QED) is 0.283. The van der Waals surface area contributed by atoms with Crippen molar-refractivity contribution in [1.82, 2.24) is 15.5 Å². The Labute approximate surface area is 203 Å². The smallest absolute Gasteiger partial charge is 0.222 e. The van der Waals surface area contributed by atoms with E-state index in [1.54, 1.807) is 0 Å². The van der Waals surface area contributed by atoms with E-state index < -0.39 is 0 Å². The summed E-state index contributed by atoms with van der Waals surface area (Å²) in [6.07, 6.45) is 3.78. The highest BCUT2D eigenvalue weighted by Crippen LogP contribution is 2.15. The van der Waals surface area contributed by atoms with Crippen molar-refractivity contribution in [3.63, 3.8) is 0 Å². The number of aliphatic imine (C=N–C) groups is 1. The molecule has 1 atom stereocenters. The number of aryl methyl sites for hydroxylation is 1. The predicted octanol–water partition coefficient (Wildman–Crippen LogP) is 4.50. The summed E-state index contributed by atoms with van der Waals surface area (Å²) in [4.78, 5) is 18.5. The third-order valence-corrected chi connectivity index (χ3v) is 5.42. The summed E-state index contributed by atoms with van der Waals surface area (Å²) in [6.45, 7) is 7.34. The lowest BCUT2D eigenvalue weighted by atomic mass is 10.1. The molecular formula is C25H35IN4O. The second-order valence-corrected chi connectivity index (χ2v) is 8.00. The molecule has 1 fully saturated rings. The first-order valence-corrected chi connectivity index (χ1v) is 11.1. The van der Waals surface area contributed by atoms with Gasteiger partial charge in [0.2, 0.25) is 5.91 Å². The van der Waals surface area contributed by atoms with E-state index in [4.69, 9.17) is 4.99 Å². The van der Waals surface area contributed by atoms with E-state index in [0.717, 1.165) is 38.3 Å². The van der Waals surface area contributed by atoms with Gasteiger partial charge in [-0.05, 0) is 49.8 Å². The van der Waals surface area contributed by atoms with Crippen LogP contribution in [0.25, 0.3) is 0 Å². The van der Waals surface area contributed by atoms with Gasteiger partial charge in [0.05, 0.1) is 6.54 Å². The van der Waals surface area contributed by atoms with Crippen LogP contribution in [0.2, 0.25) is 0 Å². The Morgan fingerprint density at radius 2 is 1.77 bits per heavy atom. The van der Waals surface area contributed by atoms with Crippen LogP contribution in [0.15, 0.2) is 59.6 Å². The van der Waals surface area contributed by atoms with Gasteiger partial charge in [-0.15, -0.1) is 24.0 Å². The molecule has 1 aliphatic rings. The fourth-order valence-corrected chi connectivity index (χ4v) is 3.67. The predicted molar refractivity (Wildman–Crippen MR) is 139 cm³/mol. The van der Waals surface area contributed by atoms with Crippen molar-refractivity contribution in [2.45, 2.75) is 58.7 Å². The Morgan fingerprint density at radius 1 is 1.06 bits per heavy atom. The van der Waals surface area contributed by atoms with Crippen LogP contribution >= 0.6 is 24.0 Å². The van der Waals surface area contributed by atoms with Crippen LogP contribution in [0.1, 0.15) is 49.8 Å². The van der Waals surface area contributed by atoms with E-state index in [9.17, 15) is 4.79 Å². The number of hydrogen-bond donors (Lipinski definition) is 2. The number of carbonyl (C=O) groups is 1. The highest BCUT2D eigenvalue weighted by Gasteiger charge is 2.19. The summed E-state index contributed by atoms with van der Waals surface area (Å²) in [6, 6.07) is 19.4. The van der Waals surface area contributed by atoms with Gasteiger partial charge in [0.25, 0.3) is 0 Å². The molecule has 2 aromatic carbocycles. The molecule has 1 saturated heterocycles. The maximum atomic E-state index is 11.8. The lowest BCUT2D eigenvalue weighted by Gasteiger charge is -2.18. The second kappa shape index (κ2) is 13.3. The minimum Gasteiger partial charge on any atom is -0.357 e. The fourth-order valence-electron chi connectivity index (χ4n) is 3.67. The molecule has 0 spiro atoms. The van der Waals surface area contributed by atoms with Crippen LogP contribution in [0, 0.1) is 0 Å². The van der Waals surface area contributed by atoms with Gasteiger partial charge >= 0.3 is 0 Å². The molecule has 0 bridgehead atoms. The number of likely N-dealkylation sites (tertiary alicyclic amines) is 1. The van der Waals surface area contributed by atoms with E-state index in [1.165, 1.54) is 16.7 Å². The van der Waals surface area contributed by atoms with Crippen LogP contribution in [0.3, 0.4) is 0 Å². The average Bonchev–Trinajstić information content (AvgIpc) is 3.17. The van der Waals surface area contributed by atoms with Gasteiger partial charge in [-0.1, -0.05) is 54.6 Å². The number of guanidine groups is 1. The van der Waals surface area contributed by atoms with Crippen LogP contribution in [0.4, 0.5) is 0 Å². The molecule has 0 aliphatic carbocycles. The Hall–Kier alpha value is -2.09. The van der Waals surface area contributed by atoms with Crippen molar-refractivity contribution in [3.05, 3.63) is 71.3 Å². The van der Waals surface area contributed by atoms with Gasteiger partial charge < -0.3 is 15.5 Å². The van der Waals surface area contributed by atoms with Crippen LogP contribution in [-0.4, -0.2) is 35.9 Å². The maximum absolute atomic E-state index is 11.8. The van der Waals surface area contributed by atoms with Crippen LogP contribution < -0.4 is 10.6 Å². The zero-order valence-electron chi connectivity index (χ0n) is 18.6. The molecule has 6 heteroatoms. The van der Waals surface area contributed by atoms with Crippen molar-refractivity contribution in [2.24, 2.45) is 4.99 Å². The van der Waals surface area contributed by atoms with Crippen molar-refractivity contribution in [1.29, 1.82) is 0 Å². The Bertz CT molecular complexity index is 823. The van der Waals surface area contributed by atoms with Crippen molar-refractivity contribution < 1.29 is 4.79 Å². The van der Waals surface area contributed by atoms with E-state index >= 15 is 0 Å². The first-order chi connectivity index (χ1) is 14.6. The molecule has 31 heavy (non-hydrogen) atoms. The Kier molecular flexibility index (Phi) is 10.8. The first-order valence-electron chi connectivity index (χ1n) is 11.1. The van der Waals surface area contributed by atoms with Gasteiger partial charge in [-0.3, -0.25) is 4.79 Å². The van der Waals surface area contributed by atoms with Crippen molar-refractivity contribution in [2.75, 3.05) is 13.1 Å². The van der Waals surface area contributed by atoms with E-state index in [1.807, 2.05) is 4.90 Å². The summed E-state index contributed by atoms with van der Waals surface area (Å²) in [5.74, 6) is 1.12. The third-order valence-electron chi connectivity index (χ3n) is 5.42. The molecule has 2 N–H and O–H groups in total. The topological polar surface area (TPSA) is 56.7 Å². The summed E-state index contributed by atoms with van der Waals surface area (Å²) in [5, 5.41) is 6.86. The molecule has 5 nitrogen and oxygen atoms in total. The summed E-state index contributed by atoms with van der Waals surface area (Å²) < 4.78 is 0. The molecule has 0 saturated carbocycles. The molecule has 2 aromatic rings. The lowest BCUT2D eigenvalue weighted by Crippen LogP contribution is -2.42. The lowest BCUT2D eigenvalue weighted by molar-refractivity contribution is -0.128. The number of nitrogens with zero attached hydrogens (tertiary/aromatic N) is 2. The summed E-state index contributed by atoms with van der Waals surface area (Å²) in [7, 11) is 0. The zero-order valence-corrected chi connectivity index (χ0v) is 21.0. The van der Waals surface area contributed by atoms with E-state index in [0.29, 0.717) is 25.6 Å². The number of benzene rings is 2. The van der Waals surface area contributed by atoms with Gasteiger partial charge in [-0.2, -0.15) is 0 Å². The number of halogens is 1. The standard InChI is InChI=1S/C25H34N4O.HI/c1-3-26-25(28-20(2)11-12-21-8-5-4-6-9-21)27-18-22-13-15-23(16-14-22)19-29-17-7-10-24(29)30;/h4-6,8-9,13-16,20H,3,7,10-12,17-19H2,1-2H3,(H2,26,27,28);1H. The Balaban J connectivity index is 0.00000341. The van der Waals surface area contributed by atoms with Gasteiger partial charge in [-0.25, -0.2) is 4.99 Å². The first kappa shape index (κ1) is 25.2. The molecule has 1 unspecified atom stereocenters. The molecular weight excluding hydrogens is 499 g/mol.